The molecule has 1 atom stereocenters. The summed E-state index contributed by atoms with van der Waals surface area (Å²) in [5.74, 6) is -1.58. The van der Waals surface area contributed by atoms with E-state index in [1.54, 1.807) is 27.8 Å². The molecule has 0 aromatic rings. The highest BCUT2D eigenvalue weighted by Crippen LogP contribution is 2.38. The van der Waals surface area contributed by atoms with Crippen molar-refractivity contribution in [2.45, 2.75) is 65.6 Å². The van der Waals surface area contributed by atoms with E-state index in [0.29, 0.717) is 26.2 Å². The molecule has 3 aliphatic heterocycles. The molecule has 158 valence electrons. The molecule has 0 spiro atoms. The van der Waals surface area contributed by atoms with Crippen molar-refractivity contribution in [3.63, 3.8) is 0 Å². The molecule has 3 heterocycles. The minimum absolute atomic E-state index is 0.150. The van der Waals surface area contributed by atoms with Gasteiger partial charge in [-0.3, -0.25) is 4.79 Å². The van der Waals surface area contributed by atoms with Crippen molar-refractivity contribution >= 4 is 11.9 Å². The third-order valence-corrected chi connectivity index (χ3v) is 4.54. The third kappa shape index (κ3) is 5.90. The molecule has 7 nitrogen and oxygen atoms in total. The van der Waals surface area contributed by atoms with Crippen molar-refractivity contribution in [1.82, 2.24) is 4.90 Å². The number of rotatable bonds is 6. The van der Waals surface area contributed by atoms with Crippen molar-refractivity contribution in [3.05, 3.63) is 23.8 Å². The van der Waals surface area contributed by atoms with Crippen molar-refractivity contribution in [1.29, 1.82) is 0 Å². The largest absolute Gasteiger partial charge is 0.444 e. The number of carbonyl (C=O) groups excluding carboxylic acids is 2. The number of hydrogen-bond donors (Lipinski definition) is 0. The molecule has 0 aliphatic carbocycles. The fourth-order valence-corrected chi connectivity index (χ4v) is 2.79. The zero-order valence-corrected chi connectivity index (χ0v) is 18.0. The number of fused-ring (bicyclic) bond motifs is 3. The number of hydrogen-bond acceptors (Lipinski definition) is 6. The maximum atomic E-state index is 12.9. The highest BCUT2D eigenvalue weighted by atomic mass is 16.9. The van der Waals surface area contributed by atoms with Crippen LogP contribution in [0.25, 0.3) is 0 Å². The lowest BCUT2D eigenvalue weighted by atomic mass is 9.92. The fraction of sp³-hybridized carbons (Fsp3) is 0.714. The van der Waals surface area contributed by atoms with E-state index < -0.39 is 23.7 Å². The van der Waals surface area contributed by atoms with Crippen LogP contribution in [-0.2, 0) is 23.7 Å². The molecule has 0 aromatic carbocycles. The van der Waals surface area contributed by atoms with E-state index >= 15 is 0 Å². The van der Waals surface area contributed by atoms with Gasteiger partial charge in [0, 0.05) is 18.5 Å². The topological polar surface area (TPSA) is 74.3 Å². The van der Waals surface area contributed by atoms with Crippen LogP contribution in [0, 0.1) is 5.41 Å². The standard InChI is InChI=1S/C21H33NO6/c1-15(2)8-9-16(22(7)18(24)28-19(3,4)5)17(23)10-11-21-25-12-20(6,13-26-21)14-27-21/h8,10-11,16H,9,12-14H2,1-7H3/b11-10+. The SMILES string of the molecule is CC(C)=CCC(C(=O)/C=C/C12OCC(C)(CO1)CO2)N(C)C(=O)OC(C)(C)C. The lowest BCUT2D eigenvalue weighted by molar-refractivity contribution is -0.441. The molecular weight excluding hydrogens is 362 g/mol. The van der Waals surface area contributed by atoms with Crippen molar-refractivity contribution in [3.8, 4) is 0 Å². The zero-order chi connectivity index (χ0) is 21.2. The number of amides is 1. The number of likely N-dealkylation sites (N-methyl/N-ethyl adjacent to an activating group) is 1. The summed E-state index contributed by atoms with van der Waals surface area (Å²) in [7, 11) is 1.57. The molecule has 0 saturated carbocycles. The number of ether oxygens (including phenoxy) is 4. The van der Waals surface area contributed by atoms with Gasteiger partial charge >= 0.3 is 12.1 Å². The first-order valence-electron chi connectivity index (χ1n) is 9.59. The second-order valence-corrected chi connectivity index (χ2v) is 9.14. The van der Waals surface area contributed by atoms with Gasteiger partial charge in [-0.25, -0.2) is 4.79 Å². The maximum Gasteiger partial charge on any atom is 0.410 e. The van der Waals surface area contributed by atoms with Gasteiger partial charge in [-0.05, 0) is 47.1 Å². The minimum Gasteiger partial charge on any atom is -0.444 e. The molecule has 3 aliphatic rings. The minimum atomic E-state index is -1.32. The predicted octanol–water partition coefficient (Wildman–Crippen LogP) is 3.44. The lowest BCUT2D eigenvalue weighted by Crippen LogP contribution is -2.58. The van der Waals surface area contributed by atoms with Gasteiger partial charge in [0.1, 0.15) is 11.6 Å². The Morgan fingerprint density at radius 1 is 1.14 bits per heavy atom. The molecule has 3 rings (SSSR count). The fourth-order valence-electron chi connectivity index (χ4n) is 2.79. The summed E-state index contributed by atoms with van der Waals surface area (Å²) in [5.41, 5.74) is 0.269. The van der Waals surface area contributed by atoms with Gasteiger partial charge < -0.3 is 23.8 Å². The van der Waals surface area contributed by atoms with Crippen LogP contribution in [0.2, 0.25) is 0 Å². The quantitative estimate of drug-likeness (QED) is 0.507. The van der Waals surface area contributed by atoms with Gasteiger partial charge in [-0.2, -0.15) is 0 Å². The first kappa shape index (κ1) is 22.6. The summed E-state index contributed by atoms with van der Waals surface area (Å²) in [5, 5.41) is 0. The summed E-state index contributed by atoms with van der Waals surface area (Å²) < 4.78 is 22.4. The first-order valence-corrected chi connectivity index (χ1v) is 9.59. The monoisotopic (exact) mass is 395 g/mol. The Hall–Kier alpha value is -1.70. The Bertz CT molecular complexity index is 632. The Kier molecular flexibility index (Phi) is 6.74. The summed E-state index contributed by atoms with van der Waals surface area (Å²) in [6, 6.07) is -0.699. The van der Waals surface area contributed by atoms with E-state index in [1.165, 1.54) is 17.1 Å². The van der Waals surface area contributed by atoms with Crippen LogP contribution in [0.1, 0.15) is 48.0 Å². The summed E-state index contributed by atoms with van der Waals surface area (Å²) in [4.78, 5) is 26.7. The first-order chi connectivity index (χ1) is 12.8. The number of allylic oxidation sites excluding steroid dienone is 1. The summed E-state index contributed by atoms with van der Waals surface area (Å²) >= 11 is 0. The second-order valence-electron chi connectivity index (χ2n) is 9.14. The number of carbonyl (C=O) groups is 2. The number of ketones is 1. The molecule has 28 heavy (non-hydrogen) atoms. The normalized spacial score (nSPS) is 28.1. The molecule has 3 fully saturated rings. The zero-order valence-electron chi connectivity index (χ0n) is 18.0. The van der Waals surface area contributed by atoms with Crippen LogP contribution >= 0.6 is 0 Å². The third-order valence-electron chi connectivity index (χ3n) is 4.54. The molecule has 0 N–H and O–H groups in total. The van der Waals surface area contributed by atoms with E-state index in [-0.39, 0.29) is 11.2 Å². The van der Waals surface area contributed by atoms with Crippen LogP contribution < -0.4 is 0 Å². The summed E-state index contributed by atoms with van der Waals surface area (Å²) in [6.45, 7) is 12.8. The molecule has 0 radical (unpaired) electrons. The number of nitrogens with zero attached hydrogens (tertiary/aromatic N) is 1. The molecule has 1 unspecified atom stereocenters. The molecule has 3 saturated heterocycles. The van der Waals surface area contributed by atoms with E-state index in [1.807, 2.05) is 26.8 Å². The van der Waals surface area contributed by atoms with Gasteiger partial charge in [0.2, 0.25) is 0 Å². The molecule has 7 heteroatoms. The van der Waals surface area contributed by atoms with Crippen molar-refractivity contribution in [2.24, 2.45) is 5.41 Å². The maximum absolute atomic E-state index is 12.9. The van der Waals surface area contributed by atoms with Crippen LogP contribution in [0.15, 0.2) is 23.8 Å². The van der Waals surface area contributed by atoms with Crippen molar-refractivity contribution in [2.75, 3.05) is 26.9 Å². The average Bonchev–Trinajstić information content (AvgIpc) is 2.59. The molecule has 1 amide bonds. The Morgan fingerprint density at radius 3 is 2.14 bits per heavy atom. The van der Waals surface area contributed by atoms with Crippen molar-refractivity contribution < 1.29 is 28.5 Å². The van der Waals surface area contributed by atoms with Gasteiger partial charge in [-0.1, -0.05) is 18.6 Å². The Balaban J connectivity index is 2.12. The van der Waals surface area contributed by atoms with Crippen LogP contribution in [-0.4, -0.2) is 61.3 Å². The van der Waals surface area contributed by atoms with Gasteiger partial charge in [0.25, 0.3) is 0 Å². The van der Waals surface area contributed by atoms with E-state index in [2.05, 4.69) is 0 Å². The van der Waals surface area contributed by atoms with E-state index in [0.717, 1.165) is 5.57 Å². The van der Waals surface area contributed by atoms with Gasteiger partial charge in [0.15, 0.2) is 5.78 Å². The van der Waals surface area contributed by atoms with Gasteiger partial charge in [0.05, 0.1) is 19.8 Å². The van der Waals surface area contributed by atoms with E-state index in [9.17, 15) is 9.59 Å². The van der Waals surface area contributed by atoms with Crippen LogP contribution in [0.3, 0.4) is 0 Å². The predicted molar refractivity (Wildman–Crippen MR) is 105 cm³/mol. The highest BCUT2D eigenvalue weighted by molar-refractivity contribution is 5.96. The average molecular weight is 395 g/mol. The second kappa shape index (κ2) is 8.35. The molecule has 2 bridgehead atoms. The Morgan fingerprint density at radius 2 is 1.68 bits per heavy atom. The van der Waals surface area contributed by atoms with Gasteiger partial charge in [-0.15, -0.1) is 0 Å². The van der Waals surface area contributed by atoms with Crippen LogP contribution in [0.4, 0.5) is 4.79 Å². The Labute approximate surface area is 167 Å². The lowest BCUT2D eigenvalue weighted by Gasteiger charge is -2.49. The van der Waals surface area contributed by atoms with Crippen LogP contribution in [0.5, 0.6) is 0 Å². The molecular formula is C21H33NO6. The molecule has 0 aromatic heterocycles. The summed E-state index contributed by atoms with van der Waals surface area (Å²) in [6.07, 6.45) is 4.63. The van der Waals surface area contributed by atoms with E-state index in [4.69, 9.17) is 18.9 Å². The highest BCUT2D eigenvalue weighted by Gasteiger charge is 2.49. The smallest absolute Gasteiger partial charge is 0.410 e.